The summed E-state index contributed by atoms with van der Waals surface area (Å²) in [5, 5.41) is 0. The van der Waals surface area contributed by atoms with Crippen molar-refractivity contribution in [3.05, 3.63) is 12.8 Å². The summed E-state index contributed by atoms with van der Waals surface area (Å²) in [5.41, 5.74) is -0.0197. The minimum absolute atomic E-state index is 0.0197. The number of rotatable bonds is 3. The van der Waals surface area contributed by atoms with Crippen LogP contribution < -0.4 is 0 Å². The molecule has 2 nitrogen and oxygen atoms in total. The van der Waals surface area contributed by atoms with Crippen LogP contribution in [0.2, 0.25) is 0 Å². The highest BCUT2D eigenvalue weighted by atomic mass is 16.6. The fourth-order valence-corrected chi connectivity index (χ4v) is 0.800. The molecule has 2 heteroatoms. The fraction of sp³-hybridized carbons (Fsp3) is 0.714. The van der Waals surface area contributed by atoms with Crippen molar-refractivity contribution in [2.75, 3.05) is 13.2 Å². The number of ether oxygens (including phenoxy) is 2. The van der Waals surface area contributed by atoms with Crippen LogP contribution in [-0.2, 0) is 9.47 Å². The second-order valence-corrected chi connectivity index (χ2v) is 2.53. The molecular formula is C7H12O2. The van der Waals surface area contributed by atoms with E-state index in [1.165, 1.54) is 6.26 Å². The molecule has 1 aliphatic heterocycles. The van der Waals surface area contributed by atoms with Crippen LogP contribution in [0.5, 0.6) is 0 Å². The minimum atomic E-state index is -0.0197. The zero-order chi connectivity index (χ0) is 6.74. The van der Waals surface area contributed by atoms with Crippen LogP contribution in [0.1, 0.15) is 13.3 Å². The predicted molar refractivity (Wildman–Crippen MR) is 35.1 cm³/mol. The van der Waals surface area contributed by atoms with Gasteiger partial charge in [0.25, 0.3) is 0 Å². The summed E-state index contributed by atoms with van der Waals surface area (Å²) in [4.78, 5) is 0. The Hall–Kier alpha value is -0.500. The molecule has 1 aliphatic rings. The lowest BCUT2D eigenvalue weighted by molar-refractivity contribution is -0.158. The predicted octanol–water partition coefficient (Wildman–Crippen LogP) is 1.33. The van der Waals surface area contributed by atoms with Crippen LogP contribution in [0.15, 0.2) is 12.8 Å². The lowest BCUT2D eigenvalue weighted by atomic mass is 9.99. The van der Waals surface area contributed by atoms with E-state index in [1.54, 1.807) is 0 Å². The van der Waals surface area contributed by atoms with Crippen molar-refractivity contribution in [2.45, 2.75) is 18.9 Å². The Morgan fingerprint density at radius 3 is 2.89 bits per heavy atom. The molecule has 0 amide bonds. The van der Waals surface area contributed by atoms with Gasteiger partial charge in [-0.1, -0.05) is 6.58 Å². The molecule has 0 aromatic rings. The van der Waals surface area contributed by atoms with Gasteiger partial charge in [0.15, 0.2) is 0 Å². The lowest BCUT2D eigenvalue weighted by Gasteiger charge is -2.37. The molecule has 0 aromatic heterocycles. The van der Waals surface area contributed by atoms with Gasteiger partial charge < -0.3 is 9.47 Å². The van der Waals surface area contributed by atoms with Gasteiger partial charge in [-0.2, -0.15) is 0 Å². The average molecular weight is 128 g/mol. The van der Waals surface area contributed by atoms with Crippen molar-refractivity contribution in [3.63, 3.8) is 0 Å². The summed E-state index contributed by atoms with van der Waals surface area (Å²) in [5.74, 6) is 0. The highest BCUT2D eigenvalue weighted by molar-refractivity contribution is 4.82. The van der Waals surface area contributed by atoms with Crippen LogP contribution in [0.4, 0.5) is 0 Å². The minimum Gasteiger partial charge on any atom is -0.499 e. The van der Waals surface area contributed by atoms with E-state index in [9.17, 15) is 0 Å². The van der Waals surface area contributed by atoms with Crippen molar-refractivity contribution in [2.24, 2.45) is 0 Å². The molecule has 1 atom stereocenters. The van der Waals surface area contributed by atoms with Crippen molar-refractivity contribution in [1.82, 2.24) is 0 Å². The van der Waals surface area contributed by atoms with E-state index in [4.69, 9.17) is 9.47 Å². The first-order chi connectivity index (χ1) is 4.27. The summed E-state index contributed by atoms with van der Waals surface area (Å²) < 4.78 is 10.2. The first kappa shape index (κ1) is 6.62. The van der Waals surface area contributed by atoms with Crippen molar-refractivity contribution < 1.29 is 9.47 Å². The van der Waals surface area contributed by atoms with E-state index < -0.39 is 0 Å². The second-order valence-electron chi connectivity index (χ2n) is 2.53. The molecule has 1 heterocycles. The molecule has 0 saturated carbocycles. The van der Waals surface area contributed by atoms with E-state index in [2.05, 4.69) is 6.58 Å². The second kappa shape index (κ2) is 2.40. The molecule has 1 unspecified atom stereocenters. The van der Waals surface area contributed by atoms with Crippen LogP contribution >= 0.6 is 0 Å². The highest BCUT2D eigenvalue weighted by Gasteiger charge is 2.33. The Labute approximate surface area is 55.5 Å². The Morgan fingerprint density at radius 1 is 1.89 bits per heavy atom. The highest BCUT2D eigenvalue weighted by Crippen LogP contribution is 2.25. The summed E-state index contributed by atoms with van der Waals surface area (Å²) in [6, 6.07) is 0. The van der Waals surface area contributed by atoms with Gasteiger partial charge in [0.2, 0.25) is 0 Å². The standard InChI is InChI=1S/C7H12O2/c1-3-8-6-7(2)4-5-9-7/h3H,1,4-6H2,2H3. The third-order valence-electron chi connectivity index (χ3n) is 1.59. The Bertz CT molecular complexity index is 105. The van der Waals surface area contributed by atoms with Gasteiger partial charge in [-0.3, -0.25) is 0 Å². The van der Waals surface area contributed by atoms with Crippen molar-refractivity contribution in [1.29, 1.82) is 0 Å². The first-order valence-electron chi connectivity index (χ1n) is 3.13. The first-order valence-corrected chi connectivity index (χ1v) is 3.13. The van der Waals surface area contributed by atoms with Gasteiger partial charge >= 0.3 is 0 Å². The molecular weight excluding hydrogens is 116 g/mol. The molecule has 0 aliphatic carbocycles. The normalized spacial score (nSPS) is 33.0. The topological polar surface area (TPSA) is 18.5 Å². The molecule has 0 bridgehead atoms. The van der Waals surface area contributed by atoms with E-state index in [0.29, 0.717) is 6.61 Å². The van der Waals surface area contributed by atoms with Gasteiger partial charge in [0, 0.05) is 6.42 Å². The quantitative estimate of drug-likeness (QED) is 0.534. The summed E-state index contributed by atoms with van der Waals surface area (Å²) in [6.07, 6.45) is 2.55. The Kier molecular flexibility index (Phi) is 1.76. The monoisotopic (exact) mass is 128 g/mol. The van der Waals surface area contributed by atoms with E-state index in [1.807, 2.05) is 6.92 Å². The molecule has 0 N–H and O–H groups in total. The van der Waals surface area contributed by atoms with Gasteiger partial charge in [0.05, 0.1) is 12.9 Å². The smallest absolute Gasteiger partial charge is 0.116 e. The van der Waals surface area contributed by atoms with E-state index >= 15 is 0 Å². The maximum Gasteiger partial charge on any atom is 0.116 e. The van der Waals surface area contributed by atoms with E-state index in [-0.39, 0.29) is 5.60 Å². The SMILES string of the molecule is C=COCC1(C)CCO1. The molecule has 1 rings (SSSR count). The molecule has 0 radical (unpaired) electrons. The van der Waals surface area contributed by atoms with E-state index in [0.717, 1.165) is 13.0 Å². The molecule has 52 valence electrons. The third-order valence-corrected chi connectivity index (χ3v) is 1.59. The Morgan fingerprint density at radius 2 is 2.56 bits per heavy atom. The van der Waals surface area contributed by atoms with Gasteiger partial charge in [-0.05, 0) is 6.92 Å². The molecule has 1 saturated heterocycles. The molecule has 0 aromatic carbocycles. The number of hydrogen-bond donors (Lipinski definition) is 0. The van der Waals surface area contributed by atoms with Crippen molar-refractivity contribution >= 4 is 0 Å². The summed E-state index contributed by atoms with van der Waals surface area (Å²) in [6.45, 7) is 6.99. The lowest BCUT2D eigenvalue weighted by Crippen LogP contribution is -2.44. The van der Waals surface area contributed by atoms with Crippen LogP contribution in [-0.4, -0.2) is 18.8 Å². The van der Waals surface area contributed by atoms with Crippen LogP contribution in [0.25, 0.3) is 0 Å². The third kappa shape index (κ3) is 1.45. The number of hydrogen-bond acceptors (Lipinski definition) is 2. The molecule has 9 heavy (non-hydrogen) atoms. The zero-order valence-corrected chi connectivity index (χ0v) is 5.72. The molecule has 1 fully saturated rings. The molecule has 0 spiro atoms. The maximum atomic E-state index is 5.25. The fourth-order valence-electron chi connectivity index (χ4n) is 0.800. The van der Waals surface area contributed by atoms with Gasteiger partial charge in [0.1, 0.15) is 12.2 Å². The van der Waals surface area contributed by atoms with Gasteiger partial charge in [-0.15, -0.1) is 0 Å². The Balaban J connectivity index is 2.16. The zero-order valence-electron chi connectivity index (χ0n) is 5.72. The van der Waals surface area contributed by atoms with Gasteiger partial charge in [-0.25, -0.2) is 0 Å². The summed E-state index contributed by atoms with van der Waals surface area (Å²) in [7, 11) is 0. The maximum absolute atomic E-state index is 5.25. The van der Waals surface area contributed by atoms with Crippen LogP contribution in [0, 0.1) is 0 Å². The van der Waals surface area contributed by atoms with Crippen LogP contribution in [0.3, 0.4) is 0 Å². The largest absolute Gasteiger partial charge is 0.499 e. The average Bonchev–Trinajstić information content (AvgIpc) is 1.79. The summed E-state index contributed by atoms with van der Waals surface area (Å²) >= 11 is 0. The van der Waals surface area contributed by atoms with Crippen molar-refractivity contribution in [3.8, 4) is 0 Å².